The molecule has 4 N–H and O–H groups in total. The van der Waals surface area contributed by atoms with Gasteiger partial charge in [0.2, 0.25) is 0 Å². The van der Waals surface area contributed by atoms with Gasteiger partial charge in [-0.2, -0.15) is 5.10 Å². The summed E-state index contributed by atoms with van der Waals surface area (Å²) in [6.45, 7) is 0.342. The van der Waals surface area contributed by atoms with E-state index in [4.69, 9.17) is 5.73 Å². The Morgan fingerprint density at radius 2 is 2.31 bits per heavy atom. The molecule has 2 rings (SSSR count). The fraction of sp³-hybridized carbons (Fsp3) is 0.636. The molecular weight excluding hydrogens is 206 g/mol. The number of nitrogens with two attached hydrogens (primary N) is 1. The van der Waals surface area contributed by atoms with E-state index in [0.29, 0.717) is 19.4 Å². The maximum atomic E-state index is 11.5. The summed E-state index contributed by atoms with van der Waals surface area (Å²) < 4.78 is 0. The van der Waals surface area contributed by atoms with Crippen molar-refractivity contribution in [1.29, 1.82) is 0 Å². The molecule has 0 radical (unpaired) electrons. The molecule has 0 amide bonds. The summed E-state index contributed by atoms with van der Waals surface area (Å²) in [6.07, 6.45) is 5.00. The molecule has 1 aliphatic rings. The third-order valence-electron chi connectivity index (χ3n) is 3.72. The Labute approximate surface area is 94.0 Å². The lowest BCUT2D eigenvalue weighted by Gasteiger charge is -2.32. The first-order valence-electron chi connectivity index (χ1n) is 5.63. The molecule has 1 aliphatic carbocycles. The van der Waals surface area contributed by atoms with Crippen molar-refractivity contribution < 1.29 is 9.90 Å². The Morgan fingerprint density at radius 1 is 1.62 bits per heavy atom. The van der Waals surface area contributed by atoms with Crippen molar-refractivity contribution in [3.8, 4) is 0 Å². The molecule has 0 bridgehead atoms. The van der Waals surface area contributed by atoms with Gasteiger partial charge in [0.1, 0.15) is 0 Å². The number of nitrogens with one attached hydrogen (secondary N) is 1. The van der Waals surface area contributed by atoms with Crippen LogP contribution in [0.4, 0.5) is 0 Å². The molecule has 16 heavy (non-hydrogen) atoms. The number of carboxylic acid groups (broad SMARTS) is 1. The molecule has 1 fully saturated rings. The lowest BCUT2D eigenvalue weighted by Crippen LogP contribution is -2.38. The lowest BCUT2D eigenvalue weighted by molar-refractivity contribution is -0.150. The Balaban J connectivity index is 2.34. The third-order valence-corrected chi connectivity index (χ3v) is 3.72. The first-order chi connectivity index (χ1) is 7.70. The highest BCUT2D eigenvalue weighted by molar-refractivity contribution is 5.76. The third kappa shape index (κ3) is 1.61. The van der Waals surface area contributed by atoms with E-state index in [1.807, 2.05) is 6.07 Å². The number of aromatic amines is 1. The van der Waals surface area contributed by atoms with Crippen molar-refractivity contribution in [2.24, 2.45) is 11.1 Å². The summed E-state index contributed by atoms with van der Waals surface area (Å²) in [4.78, 5) is 11.5. The first kappa shape index (κ1) is 11.1. The van der Waals surface area contributed by atoms with Gasteiger partial charge in [-0.3, -0.25) is 9.89 Å². The topological polar surface area (TPSA) is 92.0 Å². The van der Waals surface area contributed by atoms with Gasteiger partial charge in [-0.1, -0.05) is 12.8 Å². The van der Waals surface area contributed by atoms with Crippen molar-refractivity contribution in [3.05, 3.63) is 18.0 Å². The van der Waals surface area contributed by atoms with Gasteiger partial charge in [0.25, 0.3) is 0 Å². The minimum atomic E-state index is -0.727. The molecular formula is C11H17N3O2. The van der Waals surface area contributed by atoms with Crippen LogP contribution in [0.3, 0.4) is 0 Å². The van der Waals surface area contributed by atoms with E-state index in [2.05, 4.69) is 10.2 Å². The van der Waals surface area contributed by atoms with E-state index in [9.17, 15) is 9.90 Å². The molecule has 5 nitrogen and oxygen atoms in total. The number of aromatic nitrogens is 2. The van der Waals surface area contributed by atoms with E-state index in [-0.39, 0.29) is 5.92 Å². The van der Waals surface area contributed by atoms with E-state index in [1.54, 1.807) is 6.20 Å². The highest BCUT2D eigenvalue weighted by Crippen LogP contribution is 2.48. The summed E-state index contributed by atoms with van der Waals surface area (Å²) >= 11 is 0. The number of hydrogen-bond donors (Lipinski definition) is 3. The average molecular weight is 223 g/mol. The second-order valence-corrected chi connectivity index (χ2v) is 4.47. The maximum Gasteiger partial charge on any atom is 0.310 e. The van der Waals surface area contributed by atoms with Crippen LogP contribution in [-0.4, -0.2) is 27.8 Å². The molecule has 0 aliphatic heterocycles. The van der Waals surface area contributed by atoms with E-state index in [0.717, 1.165) is 18.5 Å². The molecule has 1 atom stereocenters. The molecule has 5 heteroatoms. The molecule has 0 spiro atoms. The van der Waals surface area contributed by atoms with E-state index < -0.39 is 11.4 Å². The predicted molar refractivity (Wildman–Crippen MR) is 58.9 cm³/mol. The Morgan fingerprint density at radius 3 is 2.75 bits per heavy atom. The summed E-state index contributed by atoms with van der Waals surface area (Å²) in [7, 11) is 0. The summed E-state index contributed by atoms with van der Waals surface area (Å²) in [6, 6.07) is 1.82. The number of carbonyl (C=O) groups is 1. The Hall–Kier alpha value is -1.36. The number of aliphatic carboxylic acids is 1. The standard InChI is InChI=1S/C11H17N3O2/c12-7-8(9-3-6-13-14-9)11(10(15)16)4-1-2-5-11/h3,6,8H,1-2,4-5,7,12H2,(H,13,14)(H,15,16)/t8-/m1/s1. The zero-order valence-corrected chi connectivity index (χ0v) is 9.15. The summed E-state index contributed by atoms with van der Waals surface area (Å²) in [5, 5.41) is 16.2. The van der Waals surface area contributed by atoms with Crippen LogP contribution in [0.25, 0.3) is 0 Å². The van der Waals surface area contributed by atoms with Crippen LogP contribution in [0.2, 0.25) is 0 Å². The molecule has 1 aromatic rings. The molecule has 0 aromatic carbocycles. The second kappa shape index (κ2) is 4.25. The van der Waals surface area contributed by atoms with Crippen LogP contribution in [0, 0.1) is 5.41 Å². The van der Waals surface area contributed by atoms with Crippen molar-refractivity contribution >= 4 is 5.97 Å². The van der Waals surface area contributed by atoms with E-state index >= 15 is 0 Å². The highest BCUT2D eigenvalue weighted by Gasteiger charge is 2.48. The fourth-order valence-electron chi connectivity index (χ4n) is 2.83. The molecule has 88 valence electrons. The van der Waals surface area contributed by atoms with Gasteiger partial charge in [-0.15, -0.1) is 0 Å². The van der Waals surface area contributed by atoms with Crippen LogP contribution in [0.15, 0.2) is 12.3 Å². The summed E-state index contributed by atoms with van der Waals surface area (Å²) in [5.41, 5.74) is 5.90. The van der Waals surface area contributed by atoms with Crippen LogP contribution in [-0.2, 0) is 4.79 Å². The van der Waals surface area contributed by atoms with Crippen molar-refractivity contribution in [2.45, 2.75) is 31.6 Å². The van der Waals surface area contributed by atoms with Crippen molar-refractivity contribution in [1.82, 2.24) is 10.2 Å². The average Bonchev–Trinajstić information content (AvgIpc) is 2.89. The summed E-state index contributed by atoms with van der Waals surface area (Å²) in [5.74, 6) is -0.884. The quantitative estimate of drug-likeness (QED) is 0.712. The van der Waals surface area contributed by atoms with Gasteiger partial charge in [0.15, 0.2) is 0 Å². The van der Waals surface area contributed by atoms with Gasteiger partial charge in [-0.25, -0.2) is 0 Å². The van der Waals surface area contributed by atoms with Gasteiger partial charge in [0, 0.05) is 24.4 Å². The minimum absolute atomic E-state index is 0.157. The van der Waals surface area contributed by atoms with Crippen LogP contribution in [0.1, 0.15) is 37.3 Å². The first-order valence-corrected chi connectivity index (χ1v) is 5.63. The molecule has 0 saturated heterocycles. The van der Waals surface area contributed by atoms with Crippen molar-refractivity contribution in [3.63, 3.8) is 0 Å². The van der Waals surface area contributed by atoms with E-state index in [1.165, 1.54) is 0 Å². The zero-order valence-electron chi connectivity index (χ0n) is 9.15. The second-order valence-electron chi connectivity index (χ2n) is 4.47. The minimum Gasteiger partial charge on any atom is -0.481 e. The number of carboxylic acids is 1. The Kier molecular flexibility index (Phi) is 2.96. The lowest BCUT2D eigenvalue weighted by atomic mass is 9.72. The predicted octanol–water partition coefficient (Wildman–Crippen LogP) is 1.10. The van der Waals surface area contributed by atoms with Crippen molar-refractivity contribution in [2.75, 3.05) is 6.54 Å². The maximum absolute atomic E-state index is 11.5. The number of rotatable bonds is 4. The fourth-order valence-corrected chi connectivity index (χ4v) is 2.83. The van der Waals surface area contributed by atoms with Gasteiger partial charge >= 0.3 is 5.97 Å². The van der Waals surface area contributed by atoms with Gasteiger partial charge in [0.05, 0.1) is 5.41 Å². The molecule has 1 heterocycles. The largest absolute Gasteiger partial charge is 0.481 e. The smallest absolute Gasteiger partial charge is 0.310 e. The molecule has 0 unspecified atom stereocenters. The normalized spacial score (nSPS) is 20.8. The van der Waals surface area contributed by atoms with Crippen LogP contribution < -0.4 is 5.73 Å². The highest BCUT2D eigenvalue weighted by atomic mass is 16.4. The number of hydrogen-bond acceptors (Lipinski definition) is 3. The molecule has 1 aromatic heterocycles. The molecule has 1 saturated carbocycles. The Bertz CT molecular complexity index is 355. The monoisotopic (exact) mass is 223 g/mol. The number of nitrogens with zero attached hydrogens (tertiary/aromatic N) is 1. The van der Waals surface area contributed by atoms with Crippen LogP contribution >= 0.6 is 0 Å². The van der Waals surface area contributed by atoms with Crippen LogP contribution in [0.5, 0.6) is 0 Å². The number of H-pyrrole nitrogens is 1. The SMILES string of the molecule is NC[C@H](c1ccn[nH]1)C1(C(=O)O)CCCC1. The van der Waals surface area contributed by atoms with Gasteiger partial charge < -0.3 is 10.8 Å². The zero-order chi connectivity index (χ0) is 11.6. The van der Waals surface area contributed by atoms with Gasteiger partial charge in [-0.05, 0) is 18.9 Å².